The molecule has 0 saturated carbocycles. The summed E-state index contributed by atoms with van der Waals surface area (Å²) < 4.78 is 7.26. The fourth-order valence-electron chi connectivity index (χ4n) is 1.64. The number of hydrogen-bond donors (Lipinski definition) is 1. The molecule has 1 unspecified atom stereocenters. The third-order valence-corrected chi connectivity index (χ3v) is 2.88. The molecule has 4 nitrogen and oxygen atoms in total. The summed E-state index contributed by atoms with van der Waals surface area (Å²) in [7, 11) is 0. The molecule has 0 radical (unpaired) electrons. The minimum Gasteiger partial charge on any atom is -0.395 e. The lowest BCUT2D eigenvalue weighted by Gasteiger charge is -2.23. The minimum absolute atomic E-state index is 0.0350. The van der Waals surface area contributed by atoms with E-state index < -0.39 is 0 Å². The Labute approximate surface area is 88.0 Å². The molecule has 1 aliphatic rings. The van der Waals surface area contributed by atoms with Crippen LogP contribution >= 0.6 is 11.6 Å². The second-order valence-electron chi connectivity index (χ2n) is 3.56. The largest absolute Gasteiger partial charge is 0.395 e. The number of nitrogens with two attached hydrogens (primary N) is 1. The SMILES string of the molecule is Cc1nn(C2CCCCO2)c(Cl)c1N. The Morgan fingerprint density at radius 2 is 2.36 bits per heavy atom. The highest BCUT2D eigenvalue weighted by Gasteiger charge is 2.21. The van der Waals surface area contributed by atoms with E-state index in [1.807, 2.05) is 6.92 Å². The van der Waals surface area contributed by atoms with Gasteiger partial charge in [0.1, 0.15) is 0 Å². The maximum atomic E-state index is 6.04. The van der Waals surface area contributed by atoms with E-state index in [1.165, 1.54) is 0 Å². The summed E-state index contributed by atoms with van der Waals surface area (Å²) in [5.74, 6) is 0. The summed E-state index contributed by atoms with van der Waals surface area (Å²) >= 11 is 6.04. The first kappa shape index (κ1) is 9.80. The first-order valence-corrected chi connectivity index (χ1v) is 5.19. The molecule has 14 heavy (non-hydrogen) atoms. The van der Waals surface area contributed by atoms with Gasteiger partial charge in [0, 0.05) is 6.61 Å². The van der Waals surface area contributed by atoms with Gasteiger partial charge in [-0.3, -0.25) is 0 Å². The van der Waals surface area contributed by atoms with Crippen molar-refractivity contribution in [3.63, 3.8) is 0 Å². The first-order valence-electron chi connectivity index (χ1n) is 4.82. The van der Waals surface area contributed by atoms with Gasteiger partial charge in [-0.05, 0) is 26.2 Å². The Kier molecular flexibility index (Phi) is 2.65. The molecule has 78 valence electrons. The Hall–Kier alpha value is -0.740. The molecular weight excluding hydrogens is 202 g/mol. The van der Waals surface area contributed by atoms with Crippen LogP contribution in [0.3, 0.4) is 0 Å². The van der Waals surface area contributed by atoms with Crippen LogP contribution in [-0.4, -0.2) is 16.4 Å². The van der Waals surface area contributed by atoms with E-state index in [4.69, 9.17) is 22.1 Å². The van der Waals surface area contributed by atoms with Crippen LogP contribution in [0.1, 0.15) is 31.2 Å². The van der Waals surface area contributed by atoms with Gasteiger partial charge in [-0.1, -0.05) is 11.6 Å². The molecule has 5 heteroatoms. The molecule has 0 spiro atoms. The van der Waals surface area contributed by atoms with Gasteiger partial charge in [-0.15, -0.1) is 0 Å². The number of nitrogens with zero attached hydrogens (tertiary/aromatic N) is 2. The number of ether oxygens (including phenoxy) is 1. The summed E-state index contributed by atoms with van der Waals surface area (Å²) in [6, 6.07) is 0. The third-order valence-electron chi connectivity index (χ3n) is 2.50. The number of rotatable bonds is 1. The minimum atomic E-state index is -0.0350. The summed E-state index contributed by atoms with van der Waals surface area (Å²) in [6.45, 7) is 2.63. The van der Waals surface area contributed by atoms with E-state index in [1.54, 1.807) is 4.68 Å². The van der Waals surface area contributed by atoms with Crippen LogP contribution in [0.25, 0.3) is 0 Å². The molecule has 1 saturated heterocycles. The second kappa shape index (κ2) is 3.79. The average molecular weight is 216 g/mol. The number of anilines is 1. The fourth-order valence-corrected chi connectivity index (χ4v) is 1.92. The van der Waals surface area contributed by atoms with E-state index in [0.29, 0.717) is 10.8 Å². The summed E-state index contributed by atoms with van der Waals surface area (Å²) in [4.78, 5) is 0. The zero-order valence-electron chi connectivity index (χ0n) is 8.16. The Morgan fingerprint density at radius 3 is 2.86 bits per heavy atom. The smallest absolute Gasteiger partial charge is 0.153 e. The lowest BCUT2D eigenvalue weighted by Crippen LogP contribution is -2.19. The van der Waals surface area contributed by atoms with E-state index >= 15 is 0 Å². The first-order chi connectivity index (χ1) is 6.70. The lowest BCUT2D eigenvalue weighted by atomic mass is 10.2. The normalized spacial score (nSPS) is 22.6. The van der Waals surface area contributed by atoms with Crippen LogP contribution in [0, 0.1) is 6.92 Å². The zero-order valence-corrected chi connectivity index (χ0v) is 8.92. The van der Waals surface area contributed by atoms with E-state index in [9.17, 15) is 0 Å². The summed E-state index contributed by atoms with van der Waals surface area (Å²) in [5.41, 5.74) is 7.06. The molecule has 1 aromatic rings. The maximum Gasteiger partial charge on any atom is 0.153 e. The number of hydrogen-bond acceptors (Lipinski definition) is 3. The Morgan fingerprint density at radius 1 is 1.57 bits per heavy atom. The van der Waals surface area contributed by atoms with Gasteiger partial charge in [-0.2, -0.15) is 5.10 Å². The van der Waals surface area contributed by atoms with Crippen molar-refractivity contribution < 1.29 is 4.74 Å². The van der Waals surface area contributed by atoms with Crippen molar-refractivity contribution in [1.82, 2.24) is 9.78 Å². The molecule has 0 aliphatic carbocycles. The topological polar surface area (TPSA) is 53.1 Å². The quantitative estimate of drug-likeness (QED) is 0.781. The summed E-state index contributed by atoms with van der Waals surface area (Å²) in [6.07, 6.45) is 3.19. The van der Waals surface area contributed by atoms with Crippen LogP contribution < -0.4 is 5.73 Å². The molecule has 0 aromatic carbocycles. The van der Waals surface area contributed by atoms with Gasteiger partial charge < -0.3 is 10.5 Å². The highest BCUT2D eigenvalue weighted by atomic mass is 35.5. The number of nitrogen functional groups attached to an aromatic ring is 1. The maximum absolute atomic E-state index is 6.04. The number of aryl methyl sites for hydroxylation is 1. The third kappa shape index (κ3) is 1.60. The van der Waals surface area contributed by atoms with Crippen LogP contribution in [0.15, 0.2) is 0 Å². The average Bonchev–Trinajstić information content (AvgIpc) is 2.47. The standard InChI is InChI=1S/C9H14ClN3O/c1-6-8(11)9(10)13(12-6)7-4-2-3-5-14-7/h7H,2-5,11H2,1H3. The molecule has 0 amide bonds. The van der Waals surface area contributed by atoms with Crippen molar-refractivity contribution in [1.29, 1.82) is 0 Å². The zero-order chi connectivity index (χ0) is 10.1. The number of aromatic nitrogens is 2. The number of halogens is 1. The Bertz CT molecular complexity index is 331. The lowest BCUT2D eigenvalue weighted by molar-refractivity contribution is -0.0393. The van der Waals surface area contributed by atoms with Crippen LogP contribution in [0.2, 0.25) is 5.15 Å². The highest BCUT2D eigenvalue weighted by Crippen LogP contribution is 2.30. The fraction of sp³-hybridized carbons (Fsp3) is 0.667. The van der Waals surface area contributed by atoms with Gasteiger partial charge in [0.15, 0.2) is 11.4 Å². The summed E-state index contributed by atoms with van der Waals surface area (Å²) in [5, 5.41) is 4.76. The monoisotopic (exact) mass is 215 g/mol. The Balaban J connectivity index is 2.26. The molecule has 0 bridgehead atoms. The van der Waals surface area contributed by atoms with Gasteiger partial charge in [-0.25, -0.2) is 4.68 Å². The van der Waals surface area contributed by atoms with Crippen molar-refractivity contribution in [3.05, 3.63) is 10.8 Å². The molecule has 2 rings (SSSR count). The van der Waals surface area contributed by atoms with E-state index in [-0.39, 0.29) is 6.23 Å². The molecule has 1 fully saturated rings. The molecule has 1 aliphatic heterocycles. The van der Waals surface area contributed by atoms with Crippen molar-refractivity contribution in [2.45, 2.75) is 32.4 Å². The van der Waals surface area contributed by atoms with E-state index in [2.05, 4.69) is 5.10 Å². The van der Waals surface area contributed by atoms with Crippen molar-refractivity contribution in [2.75, 3.05) is 12.3 Å². The van der Waals surface area contributed by atoms with Gasteiger partial charge >= 0.3 is 0 Å². The molecule has 1 atom stereocenters. The van der Waals surface area contributed by atoms with Crippen molar-refractivity contribution in [3.8, 4) is 0 Å². The van der Waals surface area contributed by atoms with Crippen LogP contribution in [0.4, 0.5) is 5.69 Å². The van der Waals surface area contributed by atoms with Gasteiger partial charge in [0.25, 0.3) is 0 Å². The van der Waals surface area contributed by atoms with Crippen LogP contribution in [0.5, 0.6) is 0 Å². The predicted molar refractivity (Wildman–Crippen MR) is 55.2 cm³/mol. The second-order valence-corrected chi connectivity index (χ2v) is 3.91. The van der Waals surface area contributed by atoms with Gasteiger partial charge in [0.2, 0.25) is 0 Å². The predicted octanol–water partition coefficient (Wildman–Crippen LogP) is 2.13. The molecule has 2 heterocycles. The molecule has 1 aromatic heterocycles. The highest BCUT2D eigenvalue weighted by molar-refractivity contribution is 6.32. The van der Waals surface area contributed by atoms with Gasteiger partial charge in [0.05, 0.1) is 11.4 Å². The van der Waals surface area contributed by atoms with Crippen molar-refractivity contribution >= 4 is 17.3 Å². The molecule has 2 N–H and O–H groups in total. The van der Waals surface area contributed by atoms with Crippen molar-refractivity contribution in [2.24, 2.45) is 0 Å². The van der Waals surface area contributed by atoms with Crippen LogP contribution in [-0.2, 0) is 4.74 Å². The van der Waals surface area contributed by atoms with E-state index in [0.717, 1.165) is 31.6 Å². The molecular formula is C9H14ClN3O.